The highest BCUT2D eigenvalue weighted by molar-refractivity contribution is 5.58. The molecule has 1 aromatic rings. The summed E-state index contributed by atoms with van der Waals surface area (Å²) in [7, 11) is 1.22. The van der Waals surface area contributed by atoms with Crippen LogP contribution in [0, 0.1) is 11.6 Å². The lowest BCUT2D eigenvalue weighted by atomic mass is 10.3. The molecule has 0 fully saturated rings. The number of rotatable bonds is 2. The maximum Gasteiger partial charge on any atom is 0.240 e. The van der Waals surface area contributed by atoms with Crippen molar-refractivity contribution < 1.29 is 18.3 Å². The fraction of sp³-hybridized carbons (Fsp3) is 0.125. The van der Waals surface area contributed by atoms with Crippen molar-refractivity contribution in [3.63, 3.8) is 0 Å². The highest BCUT2D eigenvalue weighted by Crippen LogP contribution is 2.30. The zero-order valence-corrected chi connectivity index (χ0v) is 6.67. The van der Waals surface area contributed by atoms with Crippen LogP contribution < -0.4 is 4.74 Å². The van der Waals surface area contributed by atoms with E-state index in [2.05, 4.69) is 9.73 Å². The highest BCUT2D eigenvalue weighted by Gasteiger charge is 2.10. The first-order chi connectivity index (χ1) is 6.19. The van der Waals surface area contributed by atoms with Gasteiger partial charge in [-0.05, 0) is 0 Å². The molecule has 0 N–H and O–H groups in total. The van der Waals surface area contributed by atoms with Gasteiger partial charge < -0.3 is 4.74 Å². The summed E-state index contributed by atoms with van der Waals surface area (Å²) in [5.74, 6) is -1.89. The van der Waals surface area contributed by atoms with Gasteiger partial charge >= 0.3 is 0 Å². The van der Waals surface area contributed by atoms with E-state index in [0.717, 1.165) is 12.1 Å². The summed E-state index contributed by atoms with van der Waals surface area (Å²) in [5, 5.41) is 0. The van der Waals surface area contributed by atoms with Crippen molar-refractivity contribution in [2.24, 2.45) is 4.99 Å². The Balaban J connectivity index is 3.37. The number of carbonyl (C=O) groups excluding carboxylic acids is 1. The number of hydrogen-bond acceptors (Lipinski definition) is 3. The molecule has 68 valence electrons. The zero-order chi connectivity index (χ0) is 9.84. The van der Waals surface area contributed by atoms with E-state index in [4.69, 9.17) is 0 Å². The number of methoxy groups -OCH3 is 1. The average Bonchev–Trinajstić information content (AvgIpc) is 2.09. The second-order valence-corrected chi connectivity index (χ2v) is 2.14. The summed E-state index contributed by atoms with van der Waals surface area (Å²) in [6, 6.07) is 1.54. The molecule has 0 saturated heterocycles. The summed E-state index contributed by atoms with van der Waals surface area (Å²) in [4.78, 5) is 12.9. The molecule has 0 heterocycles. The van der Waals surface area contributed by atoms with Crippen molar-refractivity contribution in [3.8, 4) is 5.75 Å². The van der Waals surface area contributed by atoms with Crippen molar-refractivity contribution in [1.29, 1.82) is 0 Å². The fourth-order valence-corrected chi connectivity index (χ4v) is 0.852. The van der Waals surface area contributed by atoms with E-state index in [1.165, 1.54) is 7.11 Å². The Bertz CT molecular complexity index is 373. The number of benzene rings is 1. The lowest BCUT2D eigenvalue weighted by Crippen LogP contribution is -1.88. The van der Waals surface area contributed by atoms with Crippen molar-refractivity contribution in [1.82, 2.24) is 0 Å². The van der Waals surface area contributed by atoms with Crippen LogP contribution in [0.5, 0.6) is 5.75 Å². The molecule has 5 heteroatoms. The van der Waals surface area contributed by atoms with Crippen molar-refractivity contribution in [3.05, 3.63) is 23.8 Å². The molecule has 0 atom stereocenters. The van der Waals surface area contributed by atoms with Crippen molar-refractivity contribution in [2.45, 2.75) is 0 Å². The molecule has 0 aromatic heterocycles. The van der Waals surface area contributed by atoms with Gasteiger partial charge in [0.05, 0.1) is 7.11 Å². The number of ether oxygens (including phenoxy) is 1. The van der Waals surface area contributed by atoms with E-state index in [0.29, 0.717) is 6.07 Å². The van der Waals surface area contributed by atoms with Gasteiger partial charge in [0, 0.05) is 12.1 Å². The number of aliphatic imine (C=N–C) groups is 1. The molecular weight excluding hydrogens is 180 g/mol. The Morgan fingerprint density at radius 1 is 1.46 bits per heavy atom. The van der Waals surface area contributed by atoms with Crippen LogP contribution in [0.15, 0.2) is 17.1 Å². The first-order valence-electron chi connectivity index (χ1n) is 3.30. The van der Waals surface area contributed by atoms with Crippen LogP contribution in [0.1, 0.15) is 0 Å². The van der Waals surface area contributed by atoms with Gasteiger partial charge in [-0.3, -0.25) is 0 Å². The molecule has 13 heavy (non-hydrogen) atoms. The summed E-state index contributed by atoms with van der Waals surface area (Å²) >= 11 is 0. The van der Waals surface area contributed by atoms with Crippen molar-refractivity contribution in [2.75, 3.05) is 7.11 Å². The SMILES string of the molecule is COc1cc(F)cc(F)c1N=C=O. The van der Waals surface area contributed by atoms with E-state index in [9.17, 15) is 13.6 Å². The molecular formula is C8H5F2NO2. The molecule has 1 aromatic carbocycles. The van der Waals surface area contributed by atoms with E-state index in [1.807, 2.05) is 0 Å². The number of nitrogens with zero attached hydrogens (tertiary/aromatic N) is 1. The molecule has 0 unspecified atom stereocenters. The third kappa shape index (κ3) is 1.89. The van der Waals surface area contributed by atoms with Gasteiger partial charge in [-0.15, -0.1) is 0 Å². The van der Waals surface area contributed by atoms with Crippen LogP contribution in [-0.4, -0.2) is 13.2 Å². The fourth-order valence-electron chi connectivity index (χ4n) is 0.852. The van der Waals surface area contributed by atoms with Gasteiger partial charge in [0.25, 0.3) is 0 Å². The van der Waals surface area contributed by atoms with Gasteiger partial charge in [-0.1, -0.05) is 0 Å². The molecule has 1 rings (SSSR count). The normalized spacial score (nSPS) is 9.15. The minimum atomic E-state index is -0.958. The van der Waals surface area contributed by atoms with Gasteiger partial charge in [-0.2, -0.15) is 4.99 Å². The van der Waals surface area contributed by atoms with Crippen LogP contribution in [0.3, 0.4) is 0 Å². The first kappa shape index (κ1) is 9.35. The summed E-state index contributed by atoms with van der Waals surface area (Å²) < 4.78 is 30.1. The van der Waals surface area contributed by atoms with E-state index in [1.54, 1.807) is 0 Å². The topological polar surface area (TPSA) is 38.7 Å². The predicted molar refractivity (Wildman–Crippen MR) is 40.7 cm³/mol. The Hall–Kier alpha value is -1.74. The molecule has 0 spiro atoms. The standard InChI is InChI=1S/C8H5F2NO2/c1-13-7-3-5(9)2-6(10)8(7)11-4-12/h2-3H,1H3. The zero-order valence-electron chi connectivity index (χ0n) is 6.67. The second kappa shape index (κ2) is 3.78. The Labute approximate surface area is 72.7 Å². The van der Waals surface area contributed by atoms with E-state index < -0.39 is 11.6 Å². The lowest BCUT2D eigenvalue weighted by molar-refractivity contribution is 0.408. The molecule has 3 nitrogen and oxygen atoms in total. The molecule has 0 saturated carbocycles. The Morgan fingerprint density at radius 2 is 2.15 bits per heavy atom. The van der Waals surface area contributed by atoms with Crippen LogP contribution in [-0.2, 0) is 4.79 Å². The molecule has 0 aliphatic heterocycles. The smallest absolute Gasteiger partial charge is 0.240 e. The third-order valence-corrected chi connectivity index (χ3v) is 1.37. The van der Waals surface area contributed by atoms with Gasteiger partial charge in [0.1, 0.15) is 5.82 Å². The third-order valence-electron chi connectivity index (χ3n) is 1.37. The summed E-state index contributed by atoms with van der Waals surface area (Å²) in [6.07, 6.45) is 1.15. The van der Waals surface area contributed by atoms with Crippen LogP contribution in [0.25, 0.3) is 0 Å². The maximum absolute atomic E-state index is 12.9. The lowest BCUT2D eigenvalue weighted by Gasteiger charge is -2.03. The minimum Gasteiger partial charge on any atom is -0.494 e. The van der Waals surface area contributed by atoms with Crippen LogP contribution in [0.2, 0.25) is 0 Å². The Morgan fingerprint density at radius 3 is 2.69 bits per heavy atom. The molecule has 0 bridgehead atoms. The van der Waals surface area contributed by atoms with Crippen molar-refractivity contribution >= 4 is 11.8 Å². The maximum atomic E-state index is 12.9. The molecule has 0 aliphatic carbocycles. The molecule has 0 amide bonds. The van der Waals surface area contributed by atoms with Gasteiger partial charge in [0.15, 0.2) is 17.3 Å². The number of halogens is 2. The molecule has 0 radical (unpaired) electrons. The quantitative estimate of drug-likeness (QED) is 0.521. The Kier molecular flexibility index (Phi) is 2.72. The largest absolute Gasteiger partial charge is 0.494 e. The minimum absolute atomic E-state index is 0.138. The monoisotopic (exact) mass is 185 g/mol. The second-order valence-electron chi connectivity index (χ2n) is 2.14. The first-order valence-corrected chi connectivity index (χ1v) is 3.30. The van der Waals surface area contributed by atoms with Crippen LogP contribution in [0.4, 0.5) is 14.5 Å². The van der Waals surface area contributed by atoms with Gasteiger partial charge in [0.2, 0.25) is 6.08 Å². The predicted octanol–water partition coefficient (Wildman–Crippen LogP) is 1.94. The summed E-state index contributed by atoms with van der Waals surface area (Å²) in [5.41, 5.74) is -0.348. The van der Waals surface area contributed by atoms with Gasteiger partial charge in [-0.25, -0.2) is 13.6 Å². The summed E-state index contributed by atoms with van der Waals surface area (Å²) in [6.45, 7) is 0. The van der Waals surface area contributed by atoms with E-state index >= 15 is 0 Å². The number of hydrogen-bond donors (Lipinski definition) is 0. The molecule has 0 aliphatic rings. The van der Waals surface area contributed by atoms with E-state index in [-0.39, 0.29) is 11.4 Å². The highest BCUT2D eigenvalue weighted by atomic mass is 19.1. The van der Waals surface area contributed by atoms with Crippen LogP contribution >= 0.6 is 0 Å². The average molecular weight is 185 g/mol. The number of isocyanates is 1.